The van der Waals surface area contributed by atoms with Crippen molar-refractivity contribution in [3.05, 3.63) is 12.3 Å². The molecule has 1 aromatic heterocycles. The van der Waals surface area contributed by atoms with Gasteiger partial charge in [0.05, 0.1) is 17.1 Å². The number of carbonyl (C=O) groups is 1. The quantitative estimate of drug-likeness (QED) is 0.816. The van der Waals surface area contributed by atoms with Crippen molar-refractivity contribution in [2.24, 2.45) is 0 Å². The summed E-state index contributed by atoms with van der Waals surface area (Å²) in [5.41, 5.74) is 0. The maximum Gasteiger partial charge on any atom is 0.239 e. The minimum atomic E-state index is -0.143. The van der Waals surface area contributed by atoms with Gasteiger partial charge in [-0.2, -0.15) is 5.10 Å². The first-order valence-corrected chi connectivity index (χ1v) is 6.33. The van der Waals surface area contributed by atoms with Crippen LogP contribution in [0.1, 0.15) is 19.4 Å². The number of aromatic nitrogens is 2. The first kappa shape index (κ1) is 11.6. The average Bonchev–Trinajstić information content (AvgIpc) is 2.62. The van der Waals surface area contributed by atoms with Crippen LogP contribution in [0.3, 0.4) is 0 Å². The second-order valence-corrected chi connectivity index (χ2v) is 4.94. The van der Waals surface area contributed by atoms with E-state index in [1.54, 1.807) is 6.20 Å². The molecule has 1 unspecified atom stereocenters. The van der Waals surface area contributed by atoms with E-state index in [0.29, 0.717) is 6.04 Å². The van der Waals surface area contributed by atoms with Gasteiger partial charge in [0.15, 0.2) is 0 Å². The van der Waals surface area contributed by atoms with E-state index in [1.807, 2.05) is 17.7 Å². The van der Waals surface area contributed by atoms with Crippen LogP contribution in [-0.4, -0.2) is 33.6 Å². The Morgan fingerprint density at radius 3 is 3.12 bits per heavy atom. The minimum absolute atomic E-state index is 0.0171. The summed E-state index contributed by atoms with van der Waals surface area (Å²) in [7, 11) is 0. The van der Waals surface area contributed by atoms with Crippen LogP contribution in [0.25, 0.3) is 0 Å². The number of alkyl halides is 1. The number of hydrogen-bond acceptors (Lipinski definition) is 3. The molecule has 0 aromatic carbocycles. The second kappa shape index (κ2) is 4.97. The highest BCUT2D eigenvalue weighted by molar-refractivity contribution is 9.10. The van der Waals surface area contributed by atoms with Gasteiger partial charge in [-0.3, -0.25) is 4.79 Å². The molecular formula is C10H15BrN4O. The summed E-state index contributed by atoms with van der Waals surface area (Å²) in [4.78, 5) is 11.6. The zero-order valence-electron chi connectivity index (χ0n) is 9.11. The lowest BCUT2D eigenvalue weighted by Crippen LogP contribution is -2.44. The normalized spacial score (nSPS) is 17.9. The highest BCUT2D eigenvalue weighted by Crippen LogP contribution is 2.18. The number of hydrogen-bond donors (Lipinski definition) is 2. The number of nitrogens with one attached hydrogen (secondary N) is 2. The summed E-state index contributed by atoms with van der Waals surface area (Å²) in [6.07, 6.45) is 2.48. The zero-order chi connectivity index (χ0) is 11.5. The van der Waals surface area contributed by atoms with E-state index < -0.39 is 0 Å². The lowest BCUT2D eigenvalue weighted by Gasteiger charge is -2.28. The fraction of sp³-hybridized carbons (Fsp3) is 0.600. The predicted octanol–water partition coefficient (Wildman–Crippen LogP) is 1.14. The third kappa shape index (κ3) is 2.27. The lowest BCUT2D eigenvalue weighted by atomic mass is 10.2. The molecule has 0 aliphatic carbocycles. The van der Waals surface area contributed by atoms with Gasteiger partial charge in [0.25, 0.3) is 0 Å². The van der Waals surface area contributed by atoms with Crippen molar-refractivity contribution in [3.63, 3.8) is 0 Å². The maximum atomic E-state index is 11.7. The van der Waals surface area contributed by atoms with Crippen LogP contribution in [0.5, 0.6) is 0 Å². The molecule has 5 nitrogen and oxygen atoms in total. The van der Waals surface area contributed by atoms with Crippen LogP contribution in [-0.2, 0) is 4.79 Å². The summed E-state index contributed by atoms with van der Waals surface area (Å²) < 4.78 is 1.86. The molecule has 0 saturated carbocycles. The van der Waals surface area contributed by atoms with Crippen LogP contribution >= 0.6 is 15.9 Å². The Hall–Kier alpha value is -0.880. The van der Waals surface area contributed by atoms with Crippen LogP contribution < -0.4 is 10.6 Å². The van der Waals surface area contributed by atoms with Crippen molar-refractivity contribution in [2.45, 2.75) is 24.2 Å². The van der Waals surface area contributed by atoms with Crippen molar-refractivity contribution in [1.29, 1.82) is 0 Å². The number of nitrogens with zero attached hydrogens (tertiary/aromatic N) is 2. The molecule has 1 atom stereocenters. The first-order chi connectivity index (χ1) is 7.72. The summed E-state index contributed by atoms with van der Waals surface area (Å²) in [6, 6.07) is 2.19. The average molecular weight is 287 g/mol. The summed E-state index contributed by atoms with van der Waals surface area (Å²) >= 11 is 3.33. The molecule has 1 fully saturated rings. The molecule has 0 spiro atoms. The fourth-order valence-corrected chi connectivity index (χ4v) is 1.66. The van der Waals surface area contributed by atoms with Crippen LogP contribution in [0, 0.1) is 0 Å². The molecule has 0 radical (unpaired) electrons. The van der Waals surface area contributed by atoms with E-state index in [9.17, 15) is 4.79 Å². The Balaban J connectivity index is 2.03. The van der Waals surface area contributed by atoms with Gasteiger partial charge < -0.3 is 10.6 Å². The Kier molecular flexibility index (Phi) is 3.60. The number of halogens is 1. The van der Waals surface area contributed by atoms with Gasteiger partial charge in [0.2, 0.25) is 5.91 Å². The maximum absolute atomic E-state index is 11.7. The molecule has 1 aliphatic rings. The summed E-state index contributed by atoms with van der Waals surface area (Å²) in [5, 5.41) is 10.3. The number of anilines is 1. The van der Waals surface area contributed by atoms with Crippen molar-refractivity contribution in [1.82, 2.24) is 15.1 Å². The van der Waals surface area contributed by atoms with E-state index in [-0.39, 0.29) is 10.7 Å². The highest BCUT2D eigenvalue weighted by atomic mass is 79.9. The molecule has 1 aliphatic heterocycles. The summed E-state index contributed by atoms with van der Waals surface area (Å²) in [6.45, 7) is 3.79. The van der Waals surface area contributed by atoms with Crippen LogP contribution in [0.15, 0.2) is 12.3 Å². The van der Waals surface area contributed by atoms with E-state index in [2.05, 4.69) is 31.7 Å². The van der Waals surface area contributed by atoms with Crippen molar-refractivity contribution < 1.29 is 4.79 Å². The monoisotopic (exact) mass is 286 g/mol. The van der Waals surface area contributed by atoms with E-state index in [4.69, 9.17) is 0 Å². The van der Waals surface area contributed by atoms with E-state index in [0.717, 1.165) is 25.3 Å². The SMILES string of the molecule is CCC(Br)C(=O)Nc1ccnn1C1CNC1. The Morgan fingerprint density at radius 2 is 2.56 bits per heavy atom. The van der Waals surface area contributed by atoms with Gasteiger partial charge in [-0.05, 0) is 6.42 Å². The van der Waals surface area contributed by atoms with Gasteiger partial charge in [-0.1, -0.05) is 22.9 Å². The number of carbonyl (C=O) groups excluding carboxylic acids is 1. The second-order valence-electron chi connectivity index (χ2n) is 3.84. The third-order valence-electron chi connectivity index (χ3n) is 2.67. The first-order valence-electron chi connectivity index (χ1n) is 5.41. The summed E-state index contributed by atoms with van der Waals surface area (Å²) in [5.74, 6) is 0.755. The Morgan fingerprint density at radius 1 is 1.81 bits per heavy atom. The van der Waals surface area contributed by atoms with Crippen molar-refractivity contribution in [3.8, 4) is 0 Å². The molecule has 6 heteroatoms. The predicted molar refractivity (Wildman–Crippen MR) is 65.8 cm³/mol. The number of rotatable bonds is 4. The minimum Gasteiger partial charge on any atom is -0.312 e. The molecule has 88 valence electrons. The smallest absolute Gasteiger partial charge is 0.239 e. The molecule has 16 heavy (non-hydrogen) atoms. The number of amides is 1. The van der Waals surface area contributed by atoms with Gasteiger partial charge in [-0.25, -0.2) is 4.68 Å². The molecule has 2 rings (SSSR count). The molecular weight excluding hydrogens is 272 g/mol. The molecule has 2 N–H and O–H groups in total. The van der Waals surface area contributed by atoms with Gasteiger partial charge >= 0.3 is 0 Å². The Bertz CT molecular complexity index is 375. The van der Waals surface area contributed by atoms with Gasteiger partial charge in [-0.15, -0.1) is 0 Å². The topological polar surface area (TPSA) is 59.0 Å². The molecule has 1 aromatic rings. The van der Waals surface area contributed by atoms with E-state index in [1.165, 1.54) is 0 Å². The largest absolute Gasteiger partial charge is 0.312 e. The van der Waals surface area contributed by atoms with Crippen LogP contribution in [0.4, 0.5) is 5.82 Å². The highest BCUT2D eigenvalue weighted by Gasteiger charge is 2.23. The Labute approximate surface area is 103 Å². The van der Waals surface area contributed by atoms with Gasteiger partial charge in [0, 0.05) is 19.2 Å². The van der Waals surface area contributed by atoms with Gasteiger partial charge in [0.1, 0.15) is 5.82 Å². The third-order valence-corrected chi connectivity index (χ3v) is 3.73. The van der Waals surface area contributed by atoms with Crippen molar-refractivity contribution in [2.75, 3.05) is 18.4 Å². The lowest BCUT2D eigenvalue weighted by molar-refractivity contribution is -0.115. The molecule has 1 amide bonds. The molecule has 2 heterocycles. The molecule has 1 saturated heterocycles. The van der Waals surface area contributed by atoms with Crippen LogP contribution in [0.2, 0.25) is 0 Å². The molecule has 0 bridgehead atoms. The fourth-order valence-electron chi connectivity index (χ4n) is 1.54. The standard InChI is InChI=1S/C10H15BrN4O/c1-2-8(11)10(16)14-9-3-4-13-15(9)7-5-12-6-7/h3-4,7-8,12H,2,5-6H2,1H3,(H,14,16). The van der Waals surface area contributed by atoms with E-state index >= 15 is 0 Å². The van der Waals surface area contributed by atoms with Crippen molar-refractivity contribution >= 4 is 27.7 Å². The zero-order valence-corrected chi connectivity index (χ0v) is 10.7.